The van der Waals surface area contributed by atoms with Gasteiger partial charge in [0.15, 0.2) is 0 Å². The van der Waals surface area contributed by atoms with Crippen molar-refractivity contribution in [1.82, 2.24) is 7.96 Å². The molecule has 0 aliphatic carbocycles. The van der Waals surface area contributed by atoms with Crippen molar-refractivity contribution in [3.05, 3.63) is 12.1 Å². The van der Waals surface area contributed by atoms with Crippen molar-refractivity contribution < 1.29 is 9.47 Å². The Balaban J connectivity index is 2.67. The first-order chi connectivity index (χ1) is 6.35. The van der Waals surface area contributed by atoms with Gasteiger partial charge in [-0.1, -0.05) is 0 Å². The van der Waals surface area contributed by atoms with Crippen LogP contribution in [0.15, 0.2) is 12.1 Å². The zero-order valence-electron chi connectivity index (χ0n) is 7.27. The Hall–Kier alpha value is -1.06. The van der Waals surface area contributed by atoms with E-state index in [0.717, 1.165) is 11.0 Å². The van der Waals surface area contributed by atoms with Crippen LogP contribution < -0.4 is 9.47 Å². The van der Waals surface area contributed by atoms with Crippen LogP contribution in [-0.2, 0) is 0 Å². The monoisotopic (exact) mass is 244 g/mol. The van der Waals surface area contributed by atoms with Crippen molar-refractivity contribution in [3.63, 3.8) is 0 Å². The summed E-state index contributed by atoms with van der Waals surface area (Å²) < 4.78 is 18.8. The Kier molecular flexibility index (Phi) is 2.20. The van der Waals surface area contributed by atoms with E-state index in [1.807, 2.05) is 12.1 Å². The molecule has 0 saturated heterocycles. The minimum absolute atomic E-state index is 0.000288. The van der Waals surface area contributed by atoms with Crippen molar-refractivity contribution in [2.24, 2.45) is 0 Å². The molecule has 0 atom stereocenters. The summed E-state index contributed by atoms with van der Waals surface area (Å²) in [6.45, 7) is 0. The summed E-state index contributed by atoms with van der Waals surface area (Å²) in [5, 5.41) is 0. The number of methoxy groups -OCH3 is 2. The van der Waals surface area contributed by atoms with Gasteiger partial charge < -0.3 is 0 Å². The van der Waals surface area contributed by atoms with Crippen LogP contribution in [0.1, 0.15) is 0 Å². The molecule has 0 saturated carbocycles. The van der Waals surface area contributed by atoms with Crippen molar-refractivity contribution in [3.8, 4) is 11.5 Å². The molecule has 0 fully saturated rings. The first-order valence-electron chi connectivity index (χ1n) is 3.69. The molecule has 0 aliphatic heterocycles. The SMILES string of the molecule is COc1cc2n[se]nc2cc1OC. The van der Waals surface area contributed by atoms with E-state index in [0.29, 0.717) is 11.5 Å². The third-order valence-electron chi connectivity index (χ3n) is 1.76. The van der Waals surface area contributed by atoms with E-state index in [1.54, 1.807) is 14.2 Å². The average Bonchev–Trinajstić information content (AvgIpc) is 2.62. The summed E-state index contributed by atoms with van der Waals surface area (Å²) >= 11 is -0.000288. The molecule has 5 heteroatoms. The second kappa shape index (κ2) is 3.36. The molecule has 4 nitrogen and oxygen atoms in total. The van der Waals surface area contributed by atoms with Gasteiger partial charge in [-0.2, -0.15) is 0 Å². The summed E-state index contributed by atoms with van der Waals surface area (Å²) in [5.41, 5.74) is 1.80. The molecular formula is C8H8N2O2Se. The van der Waals surface area contributed by atoms with E-state index < -0.39 is 0 Å². The Bertz CT molecular complexity index is 389. The van der Waals surface area contributed by atoms with E-state index in [-0.39, 0.29) is 15.0 Å². The van der Waals surface area contributed by atoms with Gasteiger partial charge in [0.05, 0.1) is 0 Å². The molecular weight excluding hydrogens is 235 g/mol. The molecule has 1 heterocycles. The summed E-state index contributed by atoms with van der Waals surface area (Å²) in [6, 6.07) is 3.71. The maximum absolute atomic E-state index is 5.14. The van der Waals surface area contributed by atoms with E-state index in [1.165, 1.54) is 0 Å². The molecule has 0 N–H and O–H groups in total. The number of aromatic nitrogens is 2. The predicted octanol–water partition coefficient (Wildman–Crippen LogP) is 0.704. The first-order valence-corrected chi connectivity index (χ1v) is 5.22. The molecule has 2 rings (SSSR count). The van der Waals surface area contributed by atoms with Gasteiger partial charge in [0.2, 0.25) is 0 Å². The quantitative estimate of drug-likeness (QED) is 0.728. The maximum atomic E-state index is 5.14. The van der Waals surface area contributed by atoms with E-state index in [2.05, 4.69) is 7.96 Å². The number of nitrogens with zero attached hydrogens (tertiary/aromatic N) is 2. The van der Waals surface area contributed by atoms with Crippen LogP contribution in [0.4, 0.5) is 0 Å². The molecule has 2 aromatic rings. The fourth-order valence-corrected chi connectivity index (χ4v) is 2.18. The van der Waals surface area contributed by atoms with Crippen molar-refractivity contribution in [1.29, 1.82) is 0 Å². The average molecular weight is 243 g/mol. The topological polar surface area (TPSA) is 44.2 Å². The number of rotatable bonds is 2. The van der Waals surface area contributed by atoms with Crippen LogP contribution in [0.5, 0.6) is 11.5 Å². The number of hydrogen-bond donors (Lipinski definition) is 0. The Morgan fingerprint density at radius 3 is 1.85 bits per heavy atom. The van der Waals surface area contributed by atoms with Crippen LogP contribution in [0.2, 0.25) is 0 Å². The molecule has 0 bridgehead atoms. The van der Waals surface area contributed by atoms with Crippen LogP contribution in [-0.4, -0.2) is 37.1 Å². The zero-order valence-corrected chi connectivity index (χ0v) is 8.99. The number of hydrogen-bond acceptors (Lipinski definition) is 4. The minimum atomic E-state index is -0.000288. The second-order valence-corrected chi connectivity index (χ2v) is 3.57. The summed E-state index contributed by atoms with van der Waals surface area (Å²) in [7, 11) is 3.23. The van der Waals surface area contributed by atoms with Gasteiger partial charge in [0, 0.05) is 0 Å². The van der Waals surface area contributed by atoms with Gasteiger partial charge in [-0.3, -0.25) is 0 Å². The fraction of sp³-hybridized carbons (Fsp3) is 0.250. The molecule has 0 aliphatic rings. The van der Waals surface area contributed by atoms with Gasteiger partial charge in [-0.25, -0.2) is 0 Å². The second-order valence-electron chi connectivity index (χ2n) is 2.46. The molecule has 0 unspecified atom stereocenters. The third-order valence-corrected chi connectivity index (χ3v) is 2.93. The molecule has 0 spiro atoms. The summed E-state index contributed by atoms with van der Waals surface area (Å²) in [6.07, 6.45) is 0. The fourth-order valence-electron chi connectivity index (χ4n) is 1.11. The molecule has 1 aromatic heterocycles. The van der Waals surface area contributed by atoms with Gasteiger partial charge in [-0.05, 0) is 0 Å². The molecule has 0 radical (unpaired) electrons. The third kappa shape index (κ3) is 1.41. The van der Waals surface area contributed by atoms with Gasteiger partial charge in [0.1, 0.15) is 0 Å². The first kappa shape index (κ1) is 8.53. The normalized spacial score (nSPS) is 10.3. The molecule has 68 valence electrons. The van der Waals surface area contributed by atoms with Crippen LogP contribution >= 0.6 is 0 Å². The van der Waals surface area contributed by atoms with Crippen molar-refractivity contribution in [2.75, 3.05) is 14.2 Å². The van der Waals surface area contributed by atoms with E-state index >= 15 is 0 Å². The molecule has 0 amide bonds. The number of benzene rings is 1. The Labute approximate surface area is 81.7 Å². The Morgan fingerprint density at radius 1 is 1.00 bits per heavy atom. The number of ether oxygens (including phenoxy) is 2. The van der Waals surface area contributed by atoms with Crippen molar-refractivity contribution >= 4 is 26.0 Å². The summed E-state index contributed by atoms with van der Waals surface area (Å²) in [4.78, 5) is 0. The zero-order chi connectivity index (χ0) is 9.26. The van der Waals surface area contributed by atoms with Crippen LogP contribution in [0.3, 0.4) is 0 Å². The van der Waals surface area contributed by atoms with Crippen molar-refractivity contribution in [2.45, 2.75) is 0 Å². The standard InChI is InChI=1S/C8H8N2O2Se/c1-11-7-3-5-6(10-13-9-5)4-8(7)12-2/h3-4H,1-2H3. The van der Waals surface area contributed by atoms with Gasteiger partial charge in [0.25, 0.3) is 0 Å². The van der Waals surface area contributed by atoms with Gasteiger partial charge >= 0.3 is 81.3 Å². The van der Waals surface area contributed by atoms with Crippen LogP contribution in [0.25, 0.3) is 11.0 Å². The Morgan fingerprint density at radius 2 is 1.46 bits per heavy atom. The van der Waals surface area contributed by atoms with Gasteiger partial charge in [-0.15, -0.1) is 0 Å². The van der Waals surface area contributed by atoms with Crippen LogP contribution in [0, 0.1) is 0 Å². The van der Waals surface area contributed by atoms with E-state index in [4.69, 9.17) is 9.47 Å². The summed E-state index contributed by atoms with van der Waals surface area (Å²) in [5.74, 6) is 1.41. The molecule has 13 heavy (non-hydrogen) atoms. The van der Waals surface area contributed by atoms with E-state index in [9.17, 15) is 0 Å². The number of fused-ring (bicyclic) bond motifs is 1. The predicted molar refractivity (Wildman–Crippen MR) is 49.6 cm³/mol. The molecule has 1 aromatic carbocycles.